The molecule has 0 spiro atoms. The Hall–Kier alpha value is -3.33. The summed E-state index contributed by atoms with van der Waals surface area (Å²) in [4.78, 5) is 19.1. The van der Waals surface area contributed by atoms with Crippen molar-refractivity contribution in [2.24, 2.45) is 0 Å². The minimum Gasteiger partial charge on any atom is -0.366 e. The summed E-state index contributed by atoms with van der Waals surface area (Å²) in [5.74, 6) is 2.33. The van der Waals surface area contributed by atoms with Crippen molar-refractivity contribution in [2.45, 2.75) is 6.54 Å². The van der Waals surface area contributed by atoms with Gasteiger partial charge in [-0.05, 0) is 35.3 Å². The first-order chi connectivity index (χ1) is 16.1. The van der Waals surface area contributed by atoms with Crippen LogP contribution in [0.2, 0.25) is 0 Å². The zero-order chi connectivity index (χ0) is 22.8. The van der Waals surface area contributed by atoms with Crippen molar-refractivity contribution in [3.8, 4) is 11.3 Å². The number of amides is 1. The number of benzene rings is 2. The molecule has 0 aliphatic carbocycles. The molecule has 2 radical (unpaired) electrons. The van der Waals surface area contributed by atoms with Gasteiger partial charge in [-0.2, -0.15) is 21.4 Å². The third kappa shape index (κ3) is 4.46. The number of halogens is 1. The highest BCUT2D eigenvalue weighted by Gasteiger charge is 2.18. The number of aromatic nitrogens is 3. The first kappa shape index (κ1) is 21.5. The highest BCUT2D eigenvalue weighted by Crippen LogP contribution is 2.24. The van der Waals surface area contributed by atoms with Crippen LogP contribution < -0.4 is 10.8 Å². The number of anilines is 1. The Bertz CT molecular complexity index is 1300. The van der Waals surface area contributed by atoms with Gasteiger partial charge in [0.2, 0.25) is 0 Å². The smallest absolute Gasteiger partial charge is 0.253 e. The Labute approximate surface area is 196 Å². The Kier molecular flexibility index (Phi) is 6.04. The van der Waals surface area contributed by atoms with Crippen molar-refractivity contribution < 1.29 is 9.18 Å². The van der Waals surface area contributed by atoms with Gasteiger partial charge in [0.1, 0.15) is 19.5 Å². The molecule has 33 heavy (non-hydrogen) atoms. The maximum atomic E-state index is 14.4. The van der Waals surface area contributed by atoms with Crippen LogP contribution in [-0.4, -0.2) is 57.8 Å². The molecule has 2 aromatic heterocycles. The Balaban J connectivity index is 1.37. The summed E-state index contributed by atoms with van der Waals surface area (Å²) in [5, 5.41) is 7.64. The first-order valence-electron chi connectivity index (χ1n) is 10.7. The van der Waals surface area contributed by atoms with E-state index in [1.807, 2.05) is 40.9 Å². The van der Waals surface area contributed by atoms with Crippen molar-refractivity contribution in [2.75, 3.05) is 29.9 Å². The summed E-state index contributed by atoms with van der Waals surface area (Å²) < 4.78 is 16.0. The van der Waals surface area contributed by atoms with Gasteiger partial charge in [0.25, 0.3) is 5.91 Å². The number of nitrogens with one attached hydrogen (secondary N) is 1. The molecule has 164 valence electrons. The molecule has 2 aromatic carbocycles. The molecule has 9 heteroatoms. The molecule has 0 unspecified atom stereocenters. The molecule has 0 atom stereocenters. The molecule has 1 aliphatic heterocycles. The van der Waals surface area contributed by atoms with E-state index in [0.29, 0.717) is 40.3 Å². The lowest BCUT2D eigenvalue weighted by atomic mass is 10.0. The van der Waals surface area contributed by atoms with Gasteiger partial charge >= 0.3 is 0 Å². The molecule has 0 saturated carbocycles. The summed E-state index contributed by atoms with van der Waals surface area (Å²) >= 11 is 1.88. The van der Waals surface area contributed by atoms with Crippen LogP contribution in [0.4, 0.5) is 10.2 Å². The quantitative estimate of drug-likeness (QED) is 0.467. The zero-order valence-corrected chi connectivity index (χ0v) is 18.7. The van der Waals surface area contributed by atoms with Gasteiger partial charge < -0.3 is 10.2 Å². The predicted molar refractivity (Wildman–Crippen MR) is 131 cm³/mol. The number of hydrogen-bond donors (Lipinski definition) is 1. The summed E-state index contributed by atoms with van der Waals surface area (Å²) in [6.45, 7) is 2.08. The number of fused-ring (bicyclic) bond motifs is 1. The second kappa shape index (κ2) is 9.27. The van der Waals surface area contributed by atoms with Crippen molar-refractivity contribution in [3.05, 3.63) is 77.7 Å². The third-order valence-corrected chi connectivity index (χ3v) is 6.56. The van der Waals surface area contributed by atoms with Crippen LogP contribution in [0.3, 0.4) is 0 Å². The van der Waals surface area contributed by atoms with Gasteiger partial charge in [0, 0.05) is 54.5 Å². The molecule has 6 nitrogen and oxygen atoms in total. The lowest BCUT2D eigenvalue weighted by Gasteiger charge is -2.26. The van der Waals surface area contributed by atoms with E-state index in [2.05, 4.69) is 15.4 Å². The fraction of sp³-hybridized carbons (Fsp3) is 0.208. The fourth-order valence-corrected chi connectivity index (χ4v) is 4.72. The molecule has 5 rings (SSSR count). The van der Waals surface area contributed by atoms with E-state index >= 15 is 0 Å². The van der Waals surface area contributed by atoms with Crippen LogP contribution >= 0.6 is 11.8 Å². The van der Waals surface area contributed by atoms with Crippen molar-refractivity contribution >= 4 is 42.4 Å². The molecular formula is C24H21BFN5OS. The summed E-state index contributed by atoms with van der Waals surface area (Å²) in [6, 6.07) is 15.8. The molecule has 4 aromatic rings. The standard InChI is InChI=1S/C24H21BFN5OS/c25-19-15-28-31-22(13-21(29-23(19)31)18-3-1-2-4-20(18)26)27-14-16-5-7-17(8-6-16)24(32)30-9-11-33-12-10-30/h1-8,13,15,27H,9-12,14H2. The number of thioether (sulfide) groups is 1. The Morgan fingerprint density at radius 1 is 1.12 bits per heavy atom. The van der Waals surface area contributed by atoms with Crippen molar-refractivity contribution in [3.63, 3.8) is 0 Å². The minimum absolute atomic E-state index is 0.0761. The summed E-state index contributed by atoms with van der Waals surface area (Å²) in [6.07, 6.45) is 1.53. The number of rotatable bonds is 5. The third-order valence-electron chi connectivity index (χ3n) is 5.62. The number of carbonyl (C=O) groups excluding carboxylic acids is 1. The molecule has 1 amide bonds. The minimum atomic E-state index is -0.356. The number of nitrogens with zero attached hydrogens (tertiary/aromatic N) is 4. The SMILES string of the molecule is [B]c1cnn2c(NCc3ccc(C(=O)N4CCSCC4)cc3)cc(-c3ccccc3F)nc12. The van der Waals surface area contributed by atoms with Gasteiger partial charge in [0.05, 0.1) is 5.69 Å². The van der Waals surface area contributed by atoms with E-state index in [1.165, 1.54) is 12.3 Å². The van der Waals surface area contributed by atoms with Gasteiger partial charge in [-0.25, -0.2) is 9.37 Å². The van der Waals surface area contributed by atoms with Crippen LogP contribution in [0, 0.1) is 5.82 Å². The van der Waals surface area contributed by atoms with E-state index in [4.69, 9.17) is 7.85 Å². The molecule has 1 aliphatic rings. The van der Waals surface area contributed by atoms with Gasteiger partial charge in [0.15, 0.2) is 5.65 Å². The topological polar surface area (TPSA) is 62.5 Å². The zero-order valence-electron chi connectivity index (χ0n) is 17.9. The van der Waals surface area contributed by atoms with Crippen LogP contribution in [0.1, 0.15) is 15.9 Å². The molecular weight excluding hydrogens is 436 g/mol. The van der Waals surface area contributed by atoms with Gasteiger partial charge in [-0.3, -0.25) is 4.79 Å². The van der Waals surface area contributed by atoms with Crippen LogP contribution in [0.25, 0.3) is 16.9 Å². The summed E-state index contributed by atoms with van der Waals surface area (Å²) in [5.41, 5.74) is 3.42. The monoisotopic (exact) mass is 457 g/mol. The highest BCUT2D eigenvalue weighted by molar-refractivity contribution is 7.99. The van der Waals surface area contributed by atoms with E-state index in [9.17, 15) is 9.18 Å². The highest BCUT2D eigenvalue weighted by atomic mass is 32.2. The molecule has 1 saturated heterocycles. The molecule has 0 bridgehead atoms. The van der Waals surface area contributed by atoms with Crippen LogP contribution in [0.15, 0.2) is 60.8 Å². The largest absolute Gasteiger partial charge is 0.366 e. The molecule has 3 heterocycles. The van der Waals surface area contributed by atoms with Crippen molar-refractivity contribution in [1.29, 1.82) is 0 Å². The van der Waals surface area contributed by atoms with Crippen LogP contribution in [0.5, 0.6) is 0 Å². The van der Waals surface area contributed by atoms with Crippen molar-refractivity contribution in [1.82, 2.24) is 19.5 Å². The van der Waals surface area contributed by atoms with E-state index in [0.717, 1.165) is 30.2 Å². The average Bonchev–Trinajstić information content (AvgIpc) is 3.24. The van der Waals surface area contributed by atoms with Crippen LogP contribution in [-0.2, 0) is 6.54 Å². The average molecular weight is 457 g/mol. The Morgan fingerprint density at radius 3 is 2.64 bits per heavy atom. The van der Waals surface area contributed by atoms with E-state index < -0.39 is 0 Å². The van der Waals surface area contributed by atoms with E-state index in [-0.39, 0.29) is 11.7 Å². The second-order valence-electron chi connectivity index (χ2n) is 7.80. The molecule has 1 N–H and O–H groups in total. The number of hydrogen-bond acceptors (Lipinski definition) is 5. The fourth-order valence-electron chi connectivity index (χ4n) is 3.82. The molecule has 1 fully saturated rings. The van der Waals surface area contributed by atoms with E-state index in [1.54, 1.807) is 28.8 Å². The summed E-state index contributed by atoms with van der Waals surface area (Å²) in [7, 11) is 6.04. The number of carbonyl (C=O) groups is 1. The van der Waals surface area contributed by atoms with Gasteiger partial charge in [-0.15, -0.1) is 0 Å². The lowest BCUT2D eigenvalue weighted by molar-refractivity contribution is 0.0772. The lowest BCUT2D eigenvalue weighted by Crippen LogP contribution is -2.37. The van der Waals surface area contributed by atoms with Gasteiger partial charge in [-0.1, -0.05) is 24.3 Å². The maximum Gasteiger partial charge on any atom is 0.253 e. The maximum absolute atomic E-state index is 14.4. The normalized spacial score (nSPS) is 13.9. The first-order valence-corrected chi connectivity index (χ1v) is 11.8. The Morgan fingerprint density at radius 2 is 1.88 bits per heavy atom. The second-order valence-corrected chi connectivity index (χ2v) is 9.02. The predicted octanol–water partition coefficient (Wildman–Crippen LogP) is 3.13.